The fourth-order valence-corrected chi connectivity index (χ4v) is 2.88. The number of hydrogen-bond donors (Lipinski definition) is 5. The smallest absolute Gasteiger partial charge is 0.317 e. The molecule has 11 heteroatoms. The highest BCUT2D eigenvalue weighted by Crippen LogP contribution is 1.97. The number of rotatable bonds is 10. The molecule has 4 amide bonds. The van der Waals surface area contributed by atoms with Crippen molar-refractivity contribution in [1.82, 2.24) is 31.1 Å². The molecule has 2 aliphatic heterocycles. The molecule has 2 fully saturated rings. The van der Waals surface area contributed by atoms with Crippen molar-refractivity contribution in [3.8, 4) is 0 Å². The van der Waals surface area contributed by atoms with E-state index in [1.807, 2.05) is 0 Å². The average Bonchev–Trinajstić information content (AvgIpc) is 2.74. The van der Waals surface area contributed by atoms with Gasteiger partial charge in [0.1, 0.15) is 0 Å². The summed E-state index contributed by atoms with van der Waals surface area (Å²) in [6.07, 6.45) is -0.537. The Morgan fingerprint density at radius 3 is 1.54 bits per heavy atom. The molecular weight excluding hydrogens is 368 g/mol. The number of nitrogens with one attached hydrogen (secondary N) is 4. The van der Waals surface area contributed by atoms with Crippen LogP contribution in [0.4, 0.5) is 9.59 Å². The number of carbonyl (C=O) groups excluding carboxylic acids is 2. The van der Waals surface area contributed by atoms with Crippen molar-refractivity contribution in [2.75, 3.05) is 91.9 Å². The molecule has 0 atom stereocenters. The molecule has 0 saturated carbocycles. The molecule has 2 aliphatic rings. The minimum atomic E-state index is -0.537. The summed E-state index contributed by atoms with van der Waals surface area (Å²) in [7, 11) is 0. The monoisotopic (exact) mass is 402 g/mol. The van der Waals surface area contributed by atoms with Gasteiger partial charge in [0.05, 0.1) is 32.5 Å². The van der Waals surface area contributed by atoms with Crippen molar-refractivity contribution in [3.05, 3.63) is 0 Å². The Balaban J connectivity index is 1.39. The zero-order valence-corrected chi connectivity index (χ0v) is 16.5. The number of amides is 4. The van der Waals surface area contributed by atoms with Crippen molar-refractivity contribution < 1.29 is 24.2 Å². The lowest BCUT2D eigenvalue weighted by molar-refractivity contribution is 0.0532. The molecular formula is C17H34N6O5. The van der Waals surface area contributed by atoms with Crippen molar-refractivity contribution >= 4 is 12.1 Å². The summed E-state index contributed by atoms with van der Waals surface area (Å²) in [4.78, 5) is 27.2. The number of ether oxygens (including phenoxy) is 2. The van der Waals surface area contributed by atoms with E-state index in [1.165, 1.54) is 0 Å². The predicted molar refractivity (Wildman–Crippen MR) is 103 cm³/mol. The molecule has 2 saturated heterocycles. The summed E-state index contributed by atoms with van der Waals surface area (Å²) in [6, 6.07) is -0.155. The highest BCUT2D eigenvalue weighted by molar-refractivity contribution is 5.74. The lowest BCUT2D eigenvalue weighted by Crippen LogP contribution is -2.48. The zero-order valence-electron chi connectivity index (χ0n) is 16.5. The van der Waals surface area contributed by atoms with Gasteiger partial charge >= 0.3 is 12.1 Å². The van der Waals surface area contributed by atoms with E-state index in [9.17, 15) is 14.7 Å². The van der Waals surface area contributed by atoms with Crippen LogP contribution in [-0.2, 0) is 9.47 Å². The van der Waals surface area contributed by atoms with Crippen molar-refractivity contribution in [3.63, 3.8) is 0 Å². The Morgan fingerprint density at radius 1 is 0.750 bits per heavy atom. The van der Waals surface area contributed by atoms with Gasteiger partial charge in [0.15, 0.2) is 0 Å². The van der Waals surface area contributed by atoms with Gasteiger partial charge in [0.2, 0.25) is 0 Å². The van der Waals surface area contributed by atoms with Gasteiger partial charge < -0.3 is 45.6 Å². The number of aliphatic hydroxyl groups excluding tert-OH is 1. The summed E-state index contributed by atoms with van der Waals surface area (Å²) in [5.41, 5.74) is 0. The third-order valence-electron chi connectivity index (χ3n) is 4.51. The Morgan fingerprint density at radius 2 is 1.14 bits per heavy atom. The Bertz CT molecular complexity index is 417. The average molecular weight is 402 g/mol. The van der Waals surface area contributed by atoms with Gasteiger partial charge in [-0.05, 0) is 0 Å². The van der Waals surface area contributed by atoms with E-state index >= 15 is 0 Å². The number of aliphatic hydroxyl groups is 1. The second-order valence-electron chi connectivity index (χ2n) is 6.72. The molecule has 28 heavy (non-hydrogen) atoms. The highest BCUT2D eigenvalue weighted by Gasteiger charge is 2.16. The first kappa shape index (κ1) is 22.6. The number of hydrogen-bond acceptors (Lipinski definition) is 7. The quantitative estimate of drug-likeness (QED) is 0.258. The normalized spacial score (nSPS) is 17.6. The van der Waals surface area contributed by atoms with E-state index in [2.05, 4.69) is 21.3 Å². The summed E-state index contributed by atoms with van der Waals surface area (Å²) < 4.78 is 10.4. The number of carbonyl (C=O) groups is 2. The van der Waals surface area contributed by atoms with Crippen LogP contribution in [0.5, 0.6) is 0 Å². The second kappa shape index (κ2) is 13.5. The van der Waals surface area contributed by atoms with Crippen LogP contribution in [0, 0.1) is 0 Å². The topological polar surface area (TPSA) is 127 Å². The van der Waals surface area contributed by atoms with Crippen LogP contribution >= 0.6 is 0 Å². The van der Waals surface area contributed by atoms with Crippen LogP contribution in [0.1, 0.15) is 0 Å². The maximum Gasteiger partial charge on any atom is 0.317 e. The fourth-order valence-electron chi connectivity index (χ4n) is 2.88. The van der Waals surface area contributed by atoms with E-state index in [0.717, 1.165) is 0 Å². The number of nitrogens with zero attached hydrogens (tertiary/aromatic N) is 2. The number of urea groups is 2. The van der Waals surface area contributed by atoms with E-state index in [4.69, 9.17) is 9.47 Å². The summed E-state index contributed by atoms with van der Waals surface area (Å²) in [5, 5.41) is 21.8. The molecule has 0 aromatic heterocycles. The molecule has 0 bridgehead atoms. The van der Waals surface area contributed by atoms with Crippen molar-refractivity contribution in [1.29, 1.82) is 0 Å². The van der Waals surface area contributed by atoms with Gasteiger partial charge in [-0.2, -0.15) is 0 Å². The van der Waals surface area contributed by atoms with Crippen molar-refractivity contribution in [2.24, 2.45) is 0 Å². The van der Waals surface area contributed by atoms with Crippen LogP contribution in [0.3, 0.4) is 0 Å². The van der Waals surface area contributed by atoms with Crippen molar-refractivity contribution in [2.45, 2.75) is 6.10 Å². The molecule has 162 valence electrons. The van der Waals surface area contributed by atoms with Crippen LogP contribution in [0.25, 0.3) is 0 Å². The molecule has 11 nitrogen and oxygen atoms in total. The SMILES string of the molecule is O=C(NCCNCC(O)CNCCNC(=O)N1CCOCC1)N1CCOCC1. The van der Waals surface area contributed by atoms with Gasteiger partial charge in [-0.25, -0.2) is 9.59 Å². The largest absolute Gasteiger partial charge is 0.390 e. The minimum Gasteiger partial charge on any atom is -0.390 e. The summed E-state index contributed by atoms with van der Waals surface area (Å²) >= 11 is 0. The van der Waals surface area contributed by atoms with Gasteiger partial charge in [-0.3, -0.25) is 0 Å². The Labute approximate surface area is 166 Å². The van der Waals surface area contributed by atoms with Gasteiger partial charge in [0.25, 0.3) is 0 Å². The van der Waals surface area contributed by atoms with Gasteiger partial charge in [-0.1, -0.05) is 0 Å². The fraction of sp³-hybridized carbons (Fsp3) is 0.882. The van der Waals surface area contributed by atoms with Gasteiger partial charge in [0, 0.05) is 65.4 Å². The molecule has 0 spiro atoms. The standard InChI is InChI=1S/C17H34N6O5/c24-15(13-18-1-3-20-16(25)22-5-9-27-10-6-22)14-19-2-4-21-17(26)23-7-11-28-12-8-23/h15,18-19,24H,1-14H2,(H,20,25)(H,21,26). The van der Waals surface area contributed by atoms with E-state index in [1.54, 1.807) is 9.80 Å². The molecule has 0 unspecified atom stereocenters. The lowest BCUT2D eigenvalue weighted by atomic mass is 10.3. The van der Waals surface area contributed by atoms with E-state index in [-0.39, 0.29) is 12.1 Å². The summed E-state index contributed by atoms with van der Waals surface area (Å²) in [5.74, 6) is 0. The van der Waals surface area contributed by atoms with Crippen LogP contribution in [-0.4, -0.2) is 125 Å². The lowest BCUT2D eigenvalue weighted by Gasteiger charge is -2.27. The maximum atomic E-state index is 11.9. The van der Waals surface area contributed by atoms with E-state index in [0.29, 0.717) is 91.9 Å². The second-order valence-corrected chi connectivity index (χ2v) is 6.72. The maximum absolute atomic E-state index is 11.9. The molecule has 5 N–H and O–H groups in total. The zero-order chi connectivity index (χ0) is 20.0. The highest BCUT2D eigenvalue weighted by atomic mass is 16.5. The predicted octanol–water partition coefficient (Wildman–Crippen LogP) is -2.39. The third kappa shape index (κ3) is 9.02. The first-order valence-electron chi connectivity index (χ1n) is 9.97. The molecule has 0 aromatic rings. The Hall–Kier alpha value is -1.66. The third-order valence-corrected chi connectivity index (χ3v) is 4.51. The molecule has 0 aliphatic carbocycles. The van der Waals surface area contributed by atoms with Gasteiger partial charge in [-0.15, -0.1) is 0 Å². The first-order chi connectivity index (χ1) is 13.7. The molecule has 0 aromatic carbocycles. The Kier molecular flexibility index (Phi) is 10.9. The molecule has 0 radical (unpaired) electrons. The van der Waals surface area contributed by atoms with E-state index < -0.39 is 6.10 Å². The molecule has 2 rings (SSSR count). The van der Waals surface area contributed by atoms with Crippen LogP contribution < -0.4 is 21.3 Å². The van der Waals surface area contributed by atoms with Crippen LogP contribution in [0.2, 0.25) is 0 Å². The number of morpholine rings is 2. The first-order valence-corrected chi connectivity index (χ1v) is 9.97. The van der Waals surface area contributed by atoms with Crippen LogP contribution in [0.15, 0.2) is 0 Å². The summed E-state index contributed by atoms with van der Waals surface area (Å²) in [6.45, 7) is 7.87. The minimum absolute atomic E-state index is 0.0774. The molecule has 2 heterocycles.